The maximum absolute atomic E-state index is 14.0. The molecule has 3 aromatic heterocycles. The number of fused-ring (bicyclic) bond motifs is 1. The third-order valence-corrected chi connectivity index (χ3v) is 7.32. The van der Waals surface area contributed by atoms with Gasteiger partial charge in [0, 0.05) is 45.3 Å². The van der Waals surface area contributed by atoms with Gasteiger partial charge in [0.05, 0.1) is 25.1 Å². The molecule has 5 rings (SSSR count). The Hall–Kier alpha value is -2.44. The third kappa shape index (κ3) is 5.07. The molecule has 0 unspecified atom stereocenters. The Labute approximate surface area is 194 Å². The largest absolute Gasteiger partial charge is 0.379 e. The number of rotatable bonds is 6. The Balaban J connectivity index is 1.36. The quantitative estimate of drug-likeness (QED) is 0.554. The van der Waals surface area contributed by atoms with E-state index in [1.165, 1.54) is 0 Å². The first-order valence-electron chi connectivity index (χ1n) is 11.3. The van der Waals surface area contributed by atoms with Gasteiger partial charge < -0.3 is 15.4 Å². The molecule has 3 aromatic rings. The molecule has 2 N–H and O–H groups in total. The van der Waals surface area contributed by atoms with E-state index in [4.69, 9.17) is 4.74 Å². The number of halogens is 2. The monoisotopic (exact) mass is 478 g/mol. The number of alkyl halides is 2. The van der Waals surface area contributed by atoms with E-state index >= 15 is 0 Å². The van der Waals surface area contributed by atoms with Crippen molar-refractivity contribution in [3.8, 4) is 0 Å². The number of aromatic nitrogens is 5. The van der Waals surface area contributed by atoms with Crippen LogP contribution in [0.25, 0.3) is 10.3 Å². The molecule has 1 saturated carbocycles. The molecule has 1 aliphatic heterocycles. The van der Waals surface area contributed by atoms with Gasteiger partial charge in [0.15, 0.2) is 15.7 Å². The molecule has 2 aliphatic rings. The van der Waals surface area contributed by atoms with Gasteiger partial charge in [-0.15, -0.1) is 0 Å². The smallest absolute Gasteiger partial charge is 0.296 e. The third-order valence-electron chi connectivity index (χ3n) is 6.19. The number of nitrogens with zero attached hydrogens (tertiary/aromatic N) is 6. The number of anilines is 3. The van der Waals surface area contributed by atoms with Crippen molar-refractivity contribution in [1.29, 1.82) is 0 Å². The van der Waals surface area contributed by atoms with Crippen molar-refractivity contribution in [3.05, 3.63) is 17.4 Å². The van der Waals surface area contributed by atoms with E-state index < -0.39 is 5.92 Å². The number of hydrogen-bond acceptors (Lipinski definition) is 9. The van der Waals surface area contributed by atoms with Gasteiger partial charge in [-0.2, -0.15) is 23.8 Å². The maximum Gasteiger partial charge on any atom is 0.296 e. The fourth-order valence-corrected chi connectivity index (χ4v) is 5.37. The topological polar surface area (TPSA) is 93.0 Å². The second-order valence-corrected chi connectivity index (χ2v) is 9.76. The molecule has 0 amide bonds. The minimum absolute atomic E-state index is 0.207. The number of morpholine rings is 1. The summed E-state index contributed by atoms with van der Waals surface area (Å²) in [5, 5.41) is 10.5. The molecule has 1 saturated heterocycles. The van der Waals surface area contributed by atoms with Crippen LogP contribution >= 0.6 is 11.3 Å². The van der Waals surface area contributed by atoms with E-state index in [-0.39, 0.29) is 11.0 Å². The first kappa shape index (κ1) is 22.4. The zero-order valence-electron chi connectivity index (χ0n) is 18.7. The lowest BCUT2D eigenvalue weighted by atomic mass is 9.90. The summed E-state index contributed by atoms with van der Waals surface area (Å²) >= 11 is 0.898. The van der Waals surface area contributed by atoms with Crippen molar-refractivity contribution in [2.24, 2.45) is 7.05 Å². The normalized spacial score (nSPS) is 22.5. The van der Waals surface area contributed by atoms with E-state index in [2.05, 4.69) is 35.6 Å². The van der Waals surface area contributed by atoms with Gasteiger partial charge in [-0.05, 0) is 25.7 Å². The molecule has 178 valence electrons. The van der Waals surface area contributed by atoms with Crippen molar-refractivity contribution in [2.45, 2.75) is 50.6 Å². The number of hydrogen-bond donors (Lipinski definition) is 2. The van der Waals surface area contributed by atoms with E-state index in [1.54, 1.807) is 17.1 Å². The summed E-state index contributed by atoms with van der Waals surface area (Å²) in [6, 6.07) is 0.781. The summed E-state index contributed by atoms with van der Waals surface area (Å²) in [6.45, 7) is 4.44. The van der Waals surface area contributed by atoms with Crippen LogP contribution in [-0.2, 0) is 17.7 Å². The highest BCUT2D eigenvalue weighted by atomic mass is 32.1. The molecule has 0 bridgehead atoms. The predicted molar refractivity (Wildman–Crippen MR) is 123 cm³/mol. The van der Waals surface area contributed by atoms with Crippen LogP contribution in [0.2, 0.25) is 0 Å². The average Bonchev–Trinajstić information content (AvgIpc) is 3.41. The highest BCUT2D eigenvalue weighted by molar-refractivity contribution is 7.18. The Bertz CT molecular complexity index is 1100. The van der Waals surface area contributed by atoms with Crippen molar-refractivity contribution >= 4 is 39.1 Å². The lowest BCUT2D eigenvalue weighted by Crippen LogP contribution is -2.46. The van der Waals surface area contributed by atoms with Crippen molar-refractivity contribution < 1.29 is 13.5 Å². The number of aryl methyl sites for hydroxylation is 1. The second kappa shape index (κ2) is 9.07. The molecule has 4 heterocycles. The summed E-state index contributed by atoms with van der Waals surface area (Å²) in [5.41, 5.74) is 1.11. The number of nitrogens with one attached hydrogen (secondary N) is 2. The van der Waals surface area contributed by atoms with Gasteiger partial charge >= 0.3 is 0 Å². The fraction of sp³-hybridized carbons (Fsp3) is 0.619. The van der Waals surface area contributed by atoms with Crippen LogP contribution in [0.5, 0.6) is 0 Å². The zero-order chi connectivity index (χ0) is 23.0. The molecule has 2 fully saturated rings. The van der Waals surface area contributed by atoms with Gasteiger partial charge in [0.25, 0.3) is 5.92 Å². The van der Waals surface area contributed by atoms with Crippen LogP contribution < -0.4 is 10.6 Å². The van der Waals surface area contributed by atoms with E-state index in [1.807, 2.05) is 7.05 Å². The lowest BCUT2D eigenvalue weighted by molar-refractivity contribution is 0.00791. The van der Waals surface area contributed by atoms with Gasteiger partial charge in [0.2, 0.25) is 5.95 Å². The van der Waals surface area contributed by atoms with Crippen molar-refractivity contribution in [1.82, 2.24) is 29.6 Å². The molecule has 0 spiro atoms. The molecule has 33 heavy (non-hydrogen) atoms. The Morgan fingerprint density at radius 2 is 1.88 bits per heavy atom. The first-order valence-corrected chi connectivity index (χ1v) is 12.1. The number of thiazole rings is 1. The summed E-state index contributed by atoms with van der Waals surface area (Å²) in [5.74, 6) is -2.21. The molecule has 9 nitrogen and oxygen atoms in total. The van der Waals surface area contributed by atoms with Crippen LogP contribution in [0, 0.1) is 0 Å². The van der Waals surface area contributed by atoms with Gasteiger partial charge in [-0.3, -0.25) is 9.58 Å². The van der Waals surface area contributed by atoms with Crippen LogP contribution in [0.15, 0.2) is 12.4 Å². The minimum Gasteiger partial charge on any atom is -0.379 e. The highest BCUT2D eigenvalue weighted by Crippen LogP contribution is 2.36. The van der Waals surface area contributed by atoms with Gasteiger partial charge in [0.1, 0.15) is 5.52 Å². The lowest BCUT2D eigenvalue weighted by Gasteiger charge is -2.39. The molecular formula is C21H28F2N8OS. The minimum atomic E-state index is -3.03. The molecule has 0 aromatic carbocycles. The number of ether oxygens (including phenoxy) is 1. The zero-order valence-corrected chi connectivity index (χ0v) is 19.5. The van der Waals surface area contributed by atoms with Crippen LogP contribution in [0.4, 0.5) is 26.2 Å². The fourth-order valence-electron chi connectivity index (χ4n) is 4.50. The molecule has 12 heteroatoms. The van der Waals surface area contributed by atoms with Crippen LogP contribution in [0.1, 0.15) is 37.6 Å². The average molecular weight is 479 g/mol. The highest BCUT2D eigenvalue weighted by Gasteiger charge is 2.31. The molecular weight excluding hydrogens is 450 g/mol. The van der Waals surface area contributed by atoms with Crippen LogP contribution in [0.3, 0.4) is 0 Å². The first-order chi connectivity index (χ1) is 15.8. The van der Waals surface area contributed by atoms with E-state index in [9.17, 15) is 8.78 Å². The summed E-state index contributed by atoms with van der Waals surface area (Å²) in [4.78, 5) is 16.2. The second-order valence-electron chi connectivity index (χ2n) is 8.78. The molecule has 1 aliphatic carbocycles. The van der Waals surface area contributed by atoms with E-state index in [0.717, 1.165) is 75.9 Å². The molecule has 0 atom stereocenters. The van der Waals surface area contributed by atoms with Crippen LogP contribution in [-0.4, -0.2) is 68.0 Å². The Kier molecular flexibility index (Phi) is 6.14. The maximum atomic E-state index is 14.0. The summed E-state index contributed by atoms with van der Waals surface area (Å²) in [7, 11) is 1.81. The van der Waals surface area contributed by atoms with Crippen molar-refractivity contribution in [2.75, 3.05) is 36.9 Å². The van der Waals surface area contributed by atoms with Gasteiger partial charge in [-0.1, -0.05) is 11.3 Å². The SMILES string of the molecule is Cn1cc(Nc2nc(N[C@H]3CC[C@H](N4CCOCC4)CC3)c3nc(C(C)(F)F)sc3n2)cn1. The standard InChI is InChI=1S/C21H28F2N8OS/c1-21(22,23)19-27-16-17(25-13-3-5-15(6-4-13)31-7-9-32-10-8-31)28-20(29-18(16)33-19)26-14-11-24-30(2)12-14/h11-13,15H,3-10H2,1-2H3,(H2,25,26,28,29)/t13-,15-. The van der Waals surface area contributed by atoms with Gasteiger partial charge in [-0.25, -0.2) is 4.98 Å². The van der Waals surface area contributed by atoms with Crippen molar-refractivity contribution in [3.63, 3.8) is 0 Å². The summed E-state index contributed by atoms with van der Waals surface area (Å²) in [6.07, 6.45) is 7.60. The Morgan fingerprint density at radius 1 is 1.12 bits per heavy atom. The summed E-state index contributed by atoms with van der Waals surface area (Å²) < 4.78 is 35.1. The van der Waals surface area contributed by atoms with E-state index in [0.29, 0.717) is 28.2 Å². The Morgan fingerprint density at radius 3 is 2.55 bits per heavy atom. The predicted octanol–water partition coefficient (Wildman–Crippen LogP) is 3.73. The molecule has 0 radical (unpaired) electrons.